The van der Waals surface area contributed by atoms with Crippen molar-refractivity contribution in [3.8, 4) is 0 Å². The monoisotopic (exact) mass is 384 g/mol. The molecule has 0 radical (unpaired) electrons. The fourth-order valence-corrected chi connectivity index (χ4v) is 5.41. The molecule has 2 aliphatic rings. The maximum absolute atomic E-state index is 12.4. The lowest BCUT2D eigenvalue weighted by Crippen LogP contribution is -2.29. The molecule has 2 nitrogen and oxygen atoms in total. The van der Waals surface area contributed by atoms with Gasteiger partial charge in [-0.15, -0.1) is 0 Å². The molecule has 2 fully saturated rings. The van der Waals surface area contributed by atoms with Crippen molar-refractivity contribution in [2.45, 2.75) is 103 Å². The number of hydrogen-bond acceptors (Lipinski definition) is 2. The van der Waals surface area contributed by atoms with Gasteiger partial charge in [-0.3, -0.25) is 0 Å². The molecule has 0 unspecified atom stereocenters. The van der Waals surface area contributed by atoms with Crippen molar-refractivity contribution < 1.29 is 9.53 Å². The number of aryl methyl sites for hydroxylation is 1. The molecule has 0 aromatic heterocycles. The summed E-state index contributed by atoms with van der Waals surface area (Å²) in [5, 5.41) is 0. The molecule has 0 spiro atoms. The van der Waals surface area contributed by atoms with Crippen LogP contribution in [0.5, 0.6) is 0 Å². The second-order valence-corrected chi connectivity index (χ2v) is 9.27. The first-order valence-corrected chi connectivity index (χ1v) is 12.0. The first kappa shape index (κ1) is 21.4. The van der Waals surface area contributed by atoms with Gasteiger partial charge in [-0.1, -0.05) is 64.5 Å². The summed E-state index contributed by atoms with van der Waals surface area (Å²) in [6, 6.07) is 7.88. The van der Waals surface area contributed by atoms with Crippen molar-refractivity contribution in [3.05, 3.63) is 35.4 Å². The van der Waals surface area contributed by atoms with Crippen LogP contribution in [0.3, 0.4) is 0 Å². The molecule has 1 aromatic rings. The predicted molar refractivity (Wildman–Crippen MR) is 117 cm³/mol. The maximum atomic E-state index is 12.4. The summed E-state index contributed by atoms with van der Waals surface area (Å²) < 4.78 is 5.82. The Morgan fingerprint density at radius 3 is 2.04 bits per heavy atom. The van der Waals surface area contributed by atoms with E-state index >= 15 is 0 Å². The van der Waals surface area contributed by atoms with Crippen molar-refractivity contribution in [2.24, 2.45) is 17.8 Å². The number of carbonyl (C=O) groups excluding carboxylic acids is 1. The standard InChI is InChI=1S/C26H40O2/c1-3-5-6-7-21-10-12-22(13-11-21)23-16-18-25(19-17-23)28-26(27)24-14-8-20(4-2)9-15-24/h8-9,14-15,21-23,25H,3-7,10-13,16-19H2,1-2H3. The van der Waals surface area contributed by atoms with Gasteiger partial charge >= 0.3 is 5.97 Å². The highest BCUT2D eigenvalue weighted by Crippen LogP contribution is 2.41. The summed E-state index contributed by atoms with van der Waals surface area (Å²) in [5.74, 6) is 2.66. The van der Waals surface area contributed by atoms with E-state index in [1.165, 1.54) is 69.8 Å². The Morgan fingerprint density at radius 1 is 0.857 bits per heavy atom. The minimum Gasteiger partial charge on any atom is -0.459 e. The van der Waals surface area contributed by atoms with E-state index in [1.807, 2.05) is 24.3 Å². The molecule has 0 heterocycles. The van der Waals surface area contributed by atoms with Gasteiger partial charge in [0, 0.05) is 0 Å². The van der Waals surface area contributed by atoms with Crippen LogP contribution in [0.2, 0.25) is 0 Å². The van der Waals surface area contributed by atoms with Gasteiger partial charge in [-0.2, -0.15) is 0 Å². The van der Waals surface area contributed by atoms with Crippen molar-refractivity contribution in [3.63, 3.8) is 0 Å². The lowest BCUT2D eigenvalue weighted by Gasteiger charge is -2.37. The molecule has 0 saturated heterocycles. The zero-order chi connectivity index (χ0) is 19.8. The number of benzene rings is 1. The summed E-state index contributed by atoms with van der Waals surface area (Å²) in [5.41, 5.74) is 1.96. The van der Waals surface area contributed by atoms with E-state index < -0.39 is 0 Å². The van der Waals surface area contributed by atoms with E-state index in [0.29, 0.717) is 5.56 Å². The fraction of sp³-hybridized carbons (Fsp3) is 0.731. The van der Waals surface area contributed by atoms with Crippen LogP contribution in [0, 0.1) is 17.8 Å². The highest BCUT2D eigenvalue weighted by atomic mass is 16.5. The van der Waals surface area contributed by atoms with Crippen LogP contribution in [0.15, 0.2) is 24.3 Å². The fourth-order valence-electron chi connectivity index (χ4n) is 5.41. The number of hydrogen-bond donors (Lipinski definition) is 0. The third kappa shape index (κ3) is 6.09. The second-order valence-electron chi connectivity index (χ2n) is 9.27. The second kappa shape index (κ2) is 11.0. The molecule has 0 N–H and O–H groups in total. The molecule has 156 valence electrons. The number of carbonyl (C=O) groups is 1. The Balaban J connectivity index is 1.37. The normalized spacial score (nSPS) is 28.1. The molecule has 28 heavy (non-hydrogen) atoms. The van der Waals surface area contributed by atoms with Crippen LogP contribution in [-0.4, -0.2) is 12.1 Å². The lowest BCUT2D eigenvalue weighted by atomic mass is 9.70. The molecular weight excluding hydrogens is 344 g/mol. The van der Waals surface area contributed by atoms with E-state index in [1.54, 1.807) is 0 Å². The number of rotatable bonds is 8. The number of unbranched alkanes of at least 4 members (excludes halogenated alkanes) is 2. The topological polar surface area (TPSA) is 26.3 Å². The van der Waals surface area contributed by atoms with Gasteiger partial charge in [-0.05, 0) is 80.4 Å². The molecule has 2 aliphatic carbocycles. The van der Waals surface area contributed by atoms with E-state index in [0.717, 1.165) is 37.0 Å². The summed E-state index contributed by atoms with van der Waals surface area (Å²) in [4.78, 5) is 12.4. The van der Waals surface area contributed by atoms with Gasteiger partial charge in [0.05, 0.1) is 5.56 Å². The zero-order valence-electron chi connectivity index (χ0n) is 18.1. The smallest absolute Gasteiger partial charge is 0.338 e. The van der Waals surface area contributed by atoms with Crippen LogP contribution in [-0.2, 0) is 11.2 Å². The van der Waals surface area contributed by atoms with Crippen LogP contribution >= 0.6 is 0 Å². The number of esters is 1. The van der Waals surface area contributed by atoms with Crippen LogP contribution in [0.4, 0.5) is 0 Å². The first-order valence-electron chi connectivity index (χ1n) is 12.0. The minimum atomic E-state index is -0.140. The SMILES string of the molecule is CCCCCC1CCC(C2CCC(OC(=O)c3ccc(CC)cc3)CC2)CC1. The molecule has 0 bridgehead atoms. The van der Waals surface area contributed by atoms with Crippen molar-refractivity contribution in [2.75, 3.05) is 0 Å². The molecule has 0 aliphatic heterocycles. The Morgan fingerprint density at radius 2 is 1.46 bits per heavy atom. The molecular formula is C26H40O2. The summed E-state index contributed by atoms with van der Waals surface area (Å²) >= 11 is 0. The predicted octanol–water partition coefficient (Wildman–Crippen LogP) is 7.35. The zero-order valence-corrected chi connectivity index (χ0v) is 18.1. The average Bonchev–Trinajstić information content (AvgIpc) is 2.75. The van der Waals surface area contributed by atoms with E-state index in [9.17, 15) is 4.79 Å². The Bertz CT molecular complexity index is 575. The Labute approximate surface area is 172 Å². The first-order chi connectivity index (χ1) is 13.7. The lowest BCUT2D eigenvalue weighted by molar-refractivity contribution is 0.0109. The van der Waals surface area contributed by atoms with Gasteiger partial charge in [0.15, 0.2) is 0 Å². The van der Waals surface area contributed by atoms with E-state index in [-0.39, 0.29) is 12.1 Å². The summed E-state index contributed by atoms with van der Waals surface area (Å²) in [6.07, 6.45) is 17.2. The third-order valence-electron chi connectivity index (χ3n) is 7.36. The van der Waals surface area contributed by atoms with Crippen molar-refractivity contribution in [1.82, 2.24) is 0 Å². The van der Waals surface area contributed by atoms with Gasteiger partial charge in [0.25, 0.3) is 0 Å². The van der Waals surface area contributed by atoms with Crippen LogP contribution in [0.1, 0.15) is 107 Å². The van der Waals surface area contributed by atoms with Crippen molar-refractivity contribution in [1.29, 1.82) is 0 Å². The largest absolute Gasteiger partial charge is 0.459 e. The van der Waals surface area contributed by atoms with Gasteiger partial charge < -0.3 is 4.74 Å². The molecule has 0 amide bonds. The van der Waals surface area contributed by atoms with Crippen LogP contribution < -0.4 is 0 Å². The van der Waals surface area contributed by atoms with E-state index in [2.05, 4.69) is 13.8 Å². The minimum absolute atomic E-state index is 0.125. The molecule has 3 rings (SSSR count). The molecule has 1 aromatic carbocycles. The van der Waals surface area contributed by atoms with Crippen molar-refractivity contribution >= 4 is 5.97 Å². The maximum Gasteiger partial charge on any atom is 0.338 e. The highest BCUT2D eigenvalue weighted by Gasteiger charge is 2.31. The summed E-state index contributed by atoms with van der Waals surface area (Å²) in [6.45, 7) is 4.43. The van der Waals surface area contributed by atoms with Gasteiger partial charge in [0.1, 0.15) is 6.10 Å². The molecule has 0 atom stereocenters. The number of ether oxygens (including phenoxy) is 1. The molecule has 2 saturated carbocycles. The third-order valence-corrected chi connectivity index (χ3v) is 7.36. The van der Waals surface area contributed by atoms with Gasteiger partial charge in [0.2, 0.25) is 0 Å². The Kier molecular flexibility index (Phi) is 8.43. The highest BCUT2D eigenvalue weighted by molar-refractivity contribution is 5.89. The van der Waals surface area contributed by atoms with Crippen LogP contribution in [0.25, 0.3) is 0 Å². The van der Waals surface area contributed by atoms with Gasteiger partial charge in [-0.25, -0.2) is 4.79 Å². The summed E-state index contributed by atoms with van der Waals surface area (Å²) in [7, 11) is 0. The average molecular weight is 385 g/mol. The quantitative estimate of drug-likeness (QED) is 0.346. The van der Waals surface area contributed by atoms with E-state index in [4.69, 9.17) is 4.74 Å². The molecule has 2 heteroatoms. The Hall–Kier alpha value is -1.31.